The van der Waals surface area contributed by atoms with Crippen molar-refractivity contribution in [3.63, 3.8) is 0 Å². The summed E-state index contributed by atoms with van der Waals surface area (Å²) >= 11 is 0. The minimum atomic E-state index is -1.30. The van der Waals surface area contributed by atoms with Crippen LogP contribution < -0.4 is 22.1 Å². The van der Waals surface area contributed by atoms with E-state index < -0.39 is 53.8 Å². The maximum absolute atomic E-state index is 13.1. The zero-order chi connectivity index (χ0) is 26.4. The van der Waals surface area contributed by atoms with E-state index in [1.165, 1.54) is 11.8 Å². The Hall–Kier alpha value is -3.93. The fraction of sp³-hybridized carbons (Fsp3) is 0.458. The highest BCUT2D eigenvalue weighted by atomic mass is 16.4. The second kappa shape index (κ2) is 11.7. The van der Waals surface area contributed by atoms with Crippen LogP contribution in [0.5, 0.6) is 0 Å². The van der Waals surface area contributed by atoms with E-state index in [-0.39, 0.29) is 25.8 Å². The summed E-state index contributed by atoms with van der Waals surface area (Å²) in [4.78, 5) is 65.4. The number of nitrogens with one attached hydrogen (secondary N) is 3. The molecule has 1 saturated heterocycles. The number of amides is 4. The van der Waals surface area contributed by atoms with Crippen LogP contribution >= 0.6 is 0 Å². The van der Waals surface area contributed by atoms with E-state index in [1.807, 2.05) is 24.3 Å². The van der Waals surface area contributed by atoms with E-state index in [0.29, 0.717) is 12.8 Å². The molecule has 4 unspecified atom stereocenters. The molecular formula is C24H32N6O6. The van der Waals surface area contributed by atoms with Crippen molar-refractivity contribution in [3.8, 4) is 0 Å². The average molecular weight is 501 g/mol. The van der Waals surface area contributed by atoms with Crippen LogP contribution in [0, 0.1) is 0 Å². The Kier molecular flexibility index (Phi) is 8.64. The predicted molar refractivity (Wildman–Crippen MR) is 130 cm³/mol. The number of hydrogen-bond donors (Lipinski definition) is 6. The number of benzene rings is 1. The van der Waals surface area contributed by atoms with Gasteiger partial charge in [0.15, 0.2) is 0 Å². The molecule has 0 saturated carbocycles. The SMILES string of the molecule is CC(NC(=O)C(N)Cc1c[nH]c2ccccc12)C(=O)N1CCCC1C(=O)NC(CCC(N)=O)C(=O)O. The number of aliphatic carboxylic acids is 1. The first kappa shape index (κ1) is 26.7. The fourth-order valence-electron chi connectivity index (χ4n) is 4.38. The van der Waals surface area contributed by atoms with Gasteiger partial charge in [-0.05, 0) is 44.2 Å². The van der Waals surface area contributed by atoms with Gasteiger partial charge in [-0.15, -0.1) is 0 Å². The number of aromatic nitrogens is 1. The van der Waals surface area contributed by atoms with Crippen LogP contribution in [0.3, 0.4) is 0 Å². The predicted octanol–water partition coefficient (Wildman–Crippen LogP) is -0.632. The Balaban J connectivity index is 1.58. The van der Waals surface area contributed by atoms with Crippen molar-refractivity contribution in [3.05, 3.63) is 36.0 Å². The van der Waals surface area contributed by atoms with Crippen LogP contribution in [0.25, 0.3) is 10.9 Å². The van der Waals surface area contributed by atoms with Gasteiger partial charge >= 0.3 is 5.97 Å². The van der Waals surface area contributed by atoms with E-state index in [1.54, 1.807) is 6.20 Å². The number of H-pyrrole nitrogens is 1. The summed E-state index contributed by atoms with van der Waals surface area (Å²) in [5, 5.41) is 15.3. The number of carboxylic acids is 1. The fourth-order valence-corrected chi connectivity index (χ4v) is 4.38. The second-order valence-corrected chi connectivity index (χ2v) is 8.99. The summed E-state index contributed by atoms with van der Waals surface area (Å²) in [5.41, 5.74) is 13.0. The van der Waals surface area contributed by atoms with Gasteiger partial charge in [0.1, 0.15) is 18.1 Å². The summed E-state index contributed by atoms with van der Waals surface area (Å²) < 4.78 is 0. The number of carbonyl (C=O) groups excluding carboxylic acids is 4. The van der Waals surface area contributed by atoms with E-state index in [2.05, 4.69) is 15.6 Å². The Morgan fingerprint density at radius 1 is 1.19 bits per heavy atom. The molecule has 1 aliphatic rings. The zero-order valence-electron chi connectivity index (χ0n) is 20.0. The first-order valence-electron chi connectivity index (χ1n) is 11.8. The number of likely N-dealkylation sites (tertiary alicyclic amines) is 1. The Morgan fingerprint density at radius 2 is 1.92 bits per heavy atom. The molecule has 1 aliphatic heterocycles. The van der Waals surface area contributed by atoms with Gasteiger partial charge in [-0.2, -0.15) is 0 Å². The van der Waals surface area contributed by atoms with E-state index in [4.69, 9.17) is 11.5 Å². The van der Waals surface area contributed by atoms with Crippen LogP contribution in [0.4, 0.5) is 0 Å². The van der Waals surface area contributed by atoms with Crippen molar-refractivity contribution in [2.75, 3.05) is 6.54 Å². The first-order chi connectivity index (χ1) is 17.1. The van der Waals surface area contributed by atoms with Gasteiger partial charge in [-0.25, -0.2) is 4.79 Å². The molecule has 2 aromatic rings. The van der Waals surface area contributed by atoms with Crippen LogP contribution in [0.15, 0.2) is 30.5 Å². The number of hydrogen-bond acceptors (Lipinski definition) is 6. The minimum Gasteiger partial charge on any atom is -0.480 e. The Morgan fingerprint density at radius 3 is 2.61 bits per heavy atom. The quantitative estimate of drug-likeness (QED) is 0.236. The molecule has 1 aromatic carbocycles. The summed E-state index contributed by atoms with van der Waals surface area (Å²) in [6, 6.07) is 3.63. The molecule has 1 fully saturated rings. The molecule has 12 heteroatoms. The smallest absolute Gasteiger partial charge is 0.326 e. The van der Waals surface area contributed by atoms with Crippen molar-refractivity contribution < 1.29 is 29.1 Å². The van der Waals surface area contributed by atoms with Crippen molar-refractivity contribution in [2.45, 2.75) is 63.2 Å². The summed E-state index contributed by atoms with van der Waals surface area (Å²) in [6.45, 7) is 1.80. The number of carbonyl (C=O) groups is 5. The van der Waals surface area contributed by atoms with Crippen LogP contribution in [0.2, 0.25) is 0 Å². The third-order valence-electron chi connectivity index (χ3n) is 6.31. The number of fused-ring (bicyclic) bond motifs is 1. The number of nitrogens with two attached hydrogens (primary N) is 2. The summed E-state index contributed by atoms with van der Waals surface area (Å²) in [6.07, 6.45) is 2.61. The van der Waals surface area contributed by atoms with Gasteiger partial charge in [-0.3, -0.25) is 19.2 Å². The normalized spacial score (nSPS) is 17.8. The summed E-state index contributed by atoms with van der Waals surface area (Å²) in [7, 11) is 0. The molecule has 0 aliphatic carbocycles. The molecule has 1 aromatic heterocycles. The molecule has 4 amide bonds. The number of primary amides is 1. The molecule has 8 N–H and O–H groups in total. The lowest BCUT2D eigenvalue weighted by molar-refractivity contribution is -0.145. The Labute approximate surface area is 207 Å². The first-order valence-corrected chi connectivity index (χ1v) is 11.8. The molecule has 4 atom stereocenters. The van der Waals surface area contributed by atoms with Gasteiger partial charge in [0.05, 0.1) is 6.04 Å². The molecule has 12 nitrogen and oxygen atoms in total. The highest BCUT2D eigenvalue weighted by Gasteiger charge is 2.38. The van der Waals surface area contributed by atoms with E-state index in [9.17, 15) is 29.1 Å². The van der Waals surface area contributed by atoms with E-state index in [0.717, 1.165) is 16.5 Å². The lowest BCUT2D eigenvalue weighted by Crippen LogP contribution is -2.56. The molecule has 3 rings (SSSR count). The number of nitrogens with zero attached hydrogens (tertiary/aromatic N) is 1. The Bertz CT molecular complexity index is 1150. The molecule has 0 spiro atoms. The van der Waals surface area contributed by atoms with E-state index >= 15 is 0 Å². The van der Waals surface area contributed by atoms with Gasteiger partial charge < -0.3 is 37.1 Å². The average Bonchev–Trinajstić information content (AvgIpc) is 3.48. The number of para-hydroxylation sites is 1. The largest absolute Gasteiger partial charge is 0.480 e. The van der Waals surface area contributed by atoms with Crippen LogP contribution in [-0.4, -0.2) is 75.3 Å². The maximum Gasteiger partial charge on any atom is 0.326 e. The zero-order valence-corrected chi connectivity index (χ0v) is 20.0. The van der Waals surface area contributed by atoms with Crippen molar-refractivity contribution >= 4 is 40.5 Å². The molecule has 36 heavy (non-hydrogen) atoms. The molecule has 194 valence electrons. The summed E-state index contributed by atoms with van der Waals surface area (Å²) in [5.74, 6) is -3.58. The number of aromatic amines is 1. The van der Waals surface area contributed by atoms with Crippen molar-refractivity contribution in [1.29, 1.82) is 0 Å². The highest BCUT2D eigenvalue weighted by Crippen LogP contribution is 2.20. The lowest BCUT2D eigenvalue weighted by Gasteiger charge is -2.28. The van der Waals surface area contributed by atoms with Crippen molar-refractivity contribution in [1.82, 2.24) is 20.5 Å². The molecule has 0 bridgehead atoms. The molecule has 0 radical (unpaired) electrons. The van der Waals surface area contributed by atoms with Crippen molar-refractivity contribution in [2.24, 2.45) is 11.5 Å². The monoisotopic (exact) mass is 500 g/mol. The van der Waals surface area contributed by atoms with Gasteiger partial charge in [0, 0.05) is 30.1 Å². The third-order valence-corrected chi connectivity index (χ3v) is 6.31. The van der Waals surface area contributed by atoms with Gasteiger partial charge in [0.2, 0.25) is 23.6 Å². The van der Waals surface area contributed by atoms with Gasteiger partial charge in [0.25, 0.3) is 0 Å². The number of carboxylic acid groups (broad SMARTS) is 1. The highest BCUT2D eigenvalue weighted by molar-refractivity contribution is 5.94. The second-order valence-electron chi connectivity index (χ2n) is 8.99. The van der Waals surface area contributed by atoms with Gasteiger partial charge in [-0.1, -0.05) is 18.2 Å². The topological polar surface area (TPSA) is 201 Å². The third kappa shape index (κ3) is 6.39. The number of rotatable bonds is 11. The minimum absolute atomic E-state index is 0.155. The molecule has 2 heterocycles. The lowest BCUT2D eigenvalue weighted by atomic mass is 10.0. The molecular weight excluding hydrogens is 468 g/mol. The maximum atomic E-state index is 13.1. The van der Waals surface area contributed by atoms with Crippen LogP contribution in [0.1, 0.15) is 38.2 Å². The standard InChI is InChI=1S/C24H32N6O6/c1-13(28-21(32)16(25)11-14-12-27-17-6-3-2-5-15(14)17)23(34)30-10-4-7-19(30)22(33)29-18(24(35)36)8-9-20(26)31/h2-3,5-6,12-13,16,18-19,27H,4,7-11,25H2,1H3,(H2,26,31)(H,28,32)(H,29,33)(H,35,36). The van der Waals surface area contributed by atoms with Crippen LogP contribution in [-0.2, 0) is 30.4 Å².